The Morgan fingerprint density at radius 1 is 1.50 bits per heavy atom. The van der Waals surface area contributed by atoms with E-state index in [-0.39, 0.29) is 17.9 Å². The van der Waals surface area contributed by atoms with Crippen molar-refractivity contribution in [3.05, 3.63) is 0 Å². The van der Waals surface area contributed by atoms with Crippen molar-refractivity contribution in [2.75, 3.05) is 6.54 Å². The van der Waals surface area contributed by atoms with E-state index in [1.165, 1.54) is 12.8 Å². The number of amides is 1. The van der Waals surface area contributed by atoms with Gasteiger partial charge < -0.3 is 11.1 Å². The van der Waals surface area contributed by atoms with Gasteiger partial charge in [-0.25, -0.2) is 0 Å². The van der Waals surface area contributed by atoms with Crippen molar-refractivity contribution >= 4 is 5.91 Å². The van der Waals surface area contributed by atoms with Crippen LogP contribution in [0.25, 0.3) is 0 Å². The quantitative estimate of drug-likeness (QED) is 0.702. The molecule has 1 aliphatic carbocycles. The van der Waals surface area contributed by atoms with Crippen LogP contribution in [0.15, 0.2) is 0 Å². The lowest BCUT2D eigenvalue weighted by Gasteiger charge is -2.18. The third kappa shape index (κ3) is 3.29. The highest BCUT2D eigenvalue weighted by Crippen LogP contribution is 2.24. The van der Waals surface area contributed by atoms with Gasteiger partial charge in [0.25, 0.3) is 0 Å². The average molecular weight is 198 g/mol. The SMILES string of the molecule is CCCC(CN)NC(=O)C1CCCC1. The van der Waals surface area contributed by atoms with Crippen molar-refractivity contribution in [2.45, 2.75) is 51.5 Å². The number of hydrogen-bond donors (Lipinski definition) is 2. The Bertz CT molecular complexity index is 176. The Morgan fingerprint density at radius 3 is 2.64 bits per heavy atom. The summed E-state index contributed by atoms with van der Waals surface area (Å²) < 4.78 is 0. The van der Waals surface area contributed by atoms with Gasteiger partial charge in [0.15, 0.2) is 0 Å². The molecule has 1 saturated carbocycles. The normalized spacial score (nSPS) is 19.6. The zero-order valence-corrected chi connectivity index (χ0v) is 9.09. The van der Waals surface area contributed by atoms with Gasteiger partial charge in [-0.05, 0) is 19.3 Å². The van der Waals surface area contributed by atoms with Crippen LogP contribution in [0, 0.1) is 5.92 Å². The lowest BCUT2D eigenvalue weighted by atomic mass is 10.1. The highest BCUT2D eigenvalue weighted by Gasteiger charge is 2.23. The van der Waals surface area contributed by atoms with Gasteiger partial charge in [-0.2, -0.15) is 0 Å². The first-order chi connectivity index (χ1) is 6.77. The predicted molar refractivity (Wildman–Crippen MR) is 57.9 cm³/mol. The molecule has 1 amide bonds. The van der Waals surface area contributed by atoms with E-state index in [9.17, 15) is 4.79 Å². The number of carbonyl (C=O) groups excluding carboxylic acids is 1. The molecule has 0 aromatic heterocycles. The molecule has 1 rings (SSSR count). The van der Waals surface area contributed by atoms with Gasteiger partial charge in [-0.3, -0.25) is 4.79 Å². The van der Waals surface area contributed by atoms with Crippen molar-refractivity contribution < 1.29 is 4.79 Å². The van der Waals surface area contributed by atoms with Gasteiger partial charge >= 0.3 is 0 Å². The Kier molecular flexibility index (Phi) is 4.94. The summed E-state index contributed by atoms with van der Waals surface area (Å²) in [5, 5.41) is 3.05. The molecule has 0 spiro atoms. The van der Waals surface area contributed by atoms with Crippen molar-refractivity contribution in [2.24, 2.45) is 11.7 Å². The van der Waals surface area contributed by atoms with Crippen LogP contribution in [0.5, 0.6) is 0 Å². The molecular formula is C11H22N2O. The van der Waals surface area contributed by atoms with Crippen LogP contribution < -0.4 is 11.1 Å². The van der Waals surface area contributed by atoms with Gasteiger partial charge in [0.1, 0.15) is 0 Å². The highest BCUT2D eigenvalue weighted by atomic mass is 16.1. The maximum atomic E-state index is 11.7. The zero-order valence-electron chi connectivity index (χ0n) is 9.09. The maximum absolute atomic E-state index is 11.7. The first-order valence-electron chi connectivity index (χ1n) is 5.78. The molecule has 0 bridgehead atoms. The lowest BCUT2D eigenvalue weighted by Crippen LogP contribution is -2.42. The second-order valence-corrected chi connectivity index (χ2v) is 4.21. The topological polar surface area (TPSA) is 55.1 Å². The van der Waals surface area contributed by atoms with Crippen LogP contribution >= 0.6 is 0 Å². The minimum Gasteiger partial charge on any atom is -0.352 e. The van der Waals surface area contributed by atoms with Crippen LogP contribution in [0.1, 0.15) is 45.4 Å². The second-order valence-electron chi connectivity index (χ2n) is 4.21. The third-order valence-electron chi connectivity index (χ3n) is 2.99. The van der Waals surface area contributed by atoms with Crippen molar-refractivity contribution in [3.63, 3.8) is 0 Å². The Balaban J connectivity index is 2.29. The standard InChI is InChI=1S/C11H22N2O/c1-2-5-10(8-12)13-11(14)9-6-3-4-7-9/h9-10H,2-8,12H2,1H3,(H,13,14). The second kappa shape index (κ2) is 6.02. The first-order valence-corrected chi connectivity index (χ1v) is 5.78. The van der Waals surface area contributed by atoms with E-state index < -0.39 is 0 Å². The third-order valence-corrected chi connectivity index (χ3v) is 2.99. The van der Waals surface area contributed by atoms with E-state index >= 15 is 0 Å². The molecule has 1 aliphatic rings. The molecule has 3 N–H and O–H groups in total. The minimum absolute atomic E-state index is 0.188. The summed E-state index contributed by atoms with van der Waals surface area (Å²) in [6, 6.07) is 0.188. The summed E-state index contributed by atoms with van der Waals surface area (Å²) in [6.45, 7) is 2.68. The predicted octanol–water partition coefficient (Wildman–Crippen LogP) is 1.42. The minimum atomic E-state index is 0.188. The lowest BCUT2D eigenvalue weighted by molar-refractivity contribution is -0.125. The van der Waals surface area contributed by atoms with Crippen LogP contribution in [0.3, 0.4) is 0 Å². The van der Waals surface area contributed by atoms with Crippen LogP contribution in [-0.2, 0) is 4.79 Å². The largest absolute Gasteiger partial charge is 0.352 e. The zero-order chi connectivity index (χ0) is 10.4. The average Bonchev–Trinajstić information content (AvgIpc) is 2.69. The molecule has 3 heteroatoms. The maximum Gasteiger partial charge on any atom is 0.223 e. The number of nitrogens with one attached hydrogen (secondary N) is 1. The molecule has 1 atom stereocenters. The fourth-order valence-electron chi connectivity index (χ4n) is 2.10. The van der Waals surface area contributed by atoms with E-state index in [4.69, 9.17) is 5.73 Å². The number of carbonyl (C=O) groups is 1. The number of nitrogens with two attached hydrogens (primary N) is 1. The number of hydrogen-bond acceptors (Lipinski definition) is 2. The Morgan fingerprint density at radius 2 is 2.14 bits per heavy atom. The van der Waals surface area contributed by atoms with Gasteiger partial charge in [-0.1, -0.05) is 26.2 Å². The van der Waals surface area contributed by atoms with E-state index in [2.05, 4.69) is 12.2 Å². The summed E-state index contributed by atoms with van der Waals surface area (Å²) in [5.74, 6) is 0.493. The smallest absolute Gasteiger partial charge is 0.223 e. The molecule has 1 fully saturated rings. The van der Waals surface area contributed by atoms with Crippen molar-refractivity contribution in [1.82, 2.24) is 5.32 Å². The highest BCUT2D eigenvalue weighted by molar-refractivity contribution is 5.79. The molecular weight excluding hydrogens is 176 g/mol. The molecule has 0 aromatic carbocycles. The molecule has 0 aromatic rings. The van der Waals surface area contributed by atoms with E-state index in [0.717, 1.165) is 25.7 Å². The number of rotatable bonds is 5. The van der Waals surface area contributed by atoms with Crippen LogP contribution in [-0.4, -0.2) is 18.5 Å². The Hall–Kier alpha value is -0.570. The van der Waals surface area contributed by atoms with Gasteiger partial charge in [-0.15, -0.1) is 0 Å². The molecule has 0 saturated heterocycles. The van der Waals surface area contributed by atoms with E-state index in [0.29, 0.717) is 6.54 Å². The van der Waals surface area contributed by atoms with Gasteiger partial charge in [0.2, 0.25) is 5.91 Å². The molecule has 82 valence electrons. The van der Waals surface area contributed by atoms with Gasteiger partial charge in [0, 0.05) is 18.5 Å². The summed E-state index contributed by atoms with van der Waals surface area (Å²) in [4.78, 5) is 11.7. The monoisotopic (exact) mass is 198 g/mol. The first kappa shape index (κ1) is 11.5. The van der Waals surface area contributed by atoms with Crippen molar-refractivity contribution in [1.29, 1.82) is 0 Å². The van der Waals surface area contributed by atoms with Crippen LogP contribution in [0.2, 0.25) is 0 Å². The van der Waals surface area contributed by atoms with E-state index in [1.54, 1.807) is 0 Å². The van der Waals surface area contributed by atoms with Gasteiger partial charge in [0.05, 0.1) is 0 Å². The molecule has 0 heterocycles. The summed E-state index contributed by atoms with van der Waals surface area (Å²) in [5.41, 5.74) is 5.59. The Labute approximate surface area is 86.4 Å². The fraction of sp³-hybridized carbons (Fsp3) is 0.909. The van der Waals surface area contributed by atoms with E-state index in [1.807, 2.05) is 0 Å². The molecule has 0 aliphatic heterocycles. The van der Waals surface area contributed by atoms with Crippen molar-refractivity contribution in [3.8, 4) is 0 Å². The summed E-state index contributed by atoms with van der Waals surface area (Å²) in [6.07, 6.45) is 6.62. The summed E-state index contributed by atoms with van der Waals surface area (Å²) in [7, 11) is 0. The fourth-order valence-corrected chi connectivity index (χ4v) is 2.10. The molecule has 1 unspecified atom stereocenters. The molecule has 14 heavy (non-hydrogen) atoms. The van der Waals surface area contributed by atoms with Crippen LogP contribution in [0.4, 0.5) is 0 Å². The summed E-state index contributed by atoms with van der Waals surface area (Å²) >= 11 is 0. The molecule has 0 radical (unpaired) electrons. The molecule has 3 nitrogen and oxygen atoms in total.